The number of aryl methyl sites for hydroxylation is 1. The number of hydrogen-bond donors (Lipinski definition) is 7. The van der Waals surface area contributed by atoms with E-state index in [2.05, 4.69) is 98.0 Å². The number of nitrogens with two attached hydrogens (primary N) is 1. The smallest absolute Gasteiger partial charge is 0.390 e. The number of rotatable bonds is 27. The van der Waals surface area contributed by atoms with Gasteiger partial charge in [0.15, 0.2) is 5.71 Å². The Bertz CT molecular complexity index is 3750. The molecule has 0 amide bonds. The second-order valence-electron chi connectivity index (χ2n) is 23.0. The van der Waals surface area contributed by atoms with E-state index in [1.165, 1.54) is 51.8 Å². The molecule has 29 heteroatoms. The third kappa shape index (κ3) is 17.0. The molecule has 2 unspecified atom stereocenters. The lowest BCUT2D eigenvalue weighted by Crippen LogP contribution is -2.36. The Morgan fingerprint density at radius 2 is 1.70 bits per heavy atom. The van der Waals surface area contributed by atoms with Crippen molar-refractivity contribution in [2.75, 3.05) is 31.2 Å². The molecule has 4 heterocycles. The summed E-state index contributed by atoms with van der Waals surface area (Å²) in [6, 6.07) is 15.8. The lowest BCUT2D eigenvalue weighted by atomic mass is 9.81. The van der Waals surface area contributed by atoms with Crippen LogP contribution in [0.1, 0.15) is 127 Å². The Hall–Kier alpha value is -6.07. The van der Waals surface area contributed by atoms with Crippen molar-refractivity contribution in [1.29, 1.82) is 0 Å². The molecule has 0 radical (unpaired) electrons. The maximum atomic E-state index is 13.1. The summed E-state index contributed by atoms with van der Waals surface area (Å²) >= 11 is 0. The number of allylic oxidation sites excluding steroid dienone is 6. The summed E-state index contributed by atoms with van der Waals surface area (Å²) in [5, 5.41) is 23.2. The Kier molecular flexibility index (Phi) is 22.1. The van der Waals surface area contributed by atoms with Gasteiger partial charge >= 0.3 is 23.5 Å². The van der Waals surface area contributed by atoms with Gasteiger partial charge in [-0.05, 0) is 88.4 Å². The maximum Gasteiger partial charge on any atom is 0.490 e. The van der Waals surface area contributed by atoms with Crippen molar-refractivity contribution in [2.45, 2.75) is 141 Å². The number of anilines is 1. The van der Waals surface area contributed by atoms with Gasteiger partial charge in [0.25, 0.3) is 15.8 Å². The first-order chi connectivity index (χ1) is 41.0. The van der Waals surface area contributed by atoms with Crippen LogP contribution in [0, 0.1) is 34.8 Å². The summed E-state index contributed by atoms with van der Waals surface area (Å²) in [6.45, 7) is 20.5. The van der Waals surface area contributed by atoms with E-state index in [1.807, 2.05) is 38.2 Å². The van der Waals surface area contributed by atoms with Gasteiger partial charge in [0.2, 0.25) is 5.69 Å². The van der Waals surface area contributed by atoms with Gasteiger partial charge in [0.05, 0.1) is 46.2 Å². The van der Waals surface area contributed by atoms with Crippen LogP contribution in [-0.2, 0) is 62.1 Å². The van der Waals surface area contributed by atoms with E-state index in [1.54, 1.807) is 32.0 Å². The number of nitro benzene ring substituents is 1. The molecule has 25 nitrogen and oxygen atoms in total. The van der Waals surface area contributed by atoms with Crippen molar-refractivity contribution in [1.82, 2.24) is 4.90 Å². The number of carbonyl (C=O) groups excluding carboxylic acids is 1. The number of fused-ring (bicyclic) bond motifs is 2. The fourth-order valence-electron chi connectivity index (χ4n) is 11.1. The number of aliphatic hydroxyl groups is 1. The number of nitrogens with zero attached hydrogens (tertiary/aromatic N) is 5. The molecule has 0 aromatic heterocycles. The lowest BCUT2D eigenvalue weighted by molar-refractivity contribution is -0.438. The van der Waals surface area contributed by atoms with Crippen LogP contribution in [-0.4, -0.2) is 114 Å². The number of carbonyl (C=O) groups is 1. The number of nitro groups is 1. The molecule has 4 aliphatic rings. The summed E-state index contributed by atoms with van der Waals surface area (Å²) in [5.74, 6) is 5.67. The summed E-state index contributed by atoms with van der Waals surface area (Å²) in [5.41, 5.74) is 13.6. The summed E-state index contributed by atoms with van der Waals surface area (Å²) in [6.07, 6.45) is 9.75. The molecule has 88 heavy (non-hydrogen) atoms. The van der Waals surface area contributed by atoms with Gasteiger partial charge in [0.1, 0.15) is 36.3 Å². The number of unbranched alkanes of at least 4 members (excludes halogenated alkanes) is 2. The van der Waals surface area contributed by atoms with E-state index < -0.39 is 75.1 Å². The average Bonchev–Trinajstić information content (AvgIpc) is 1.78. The highest BCUT2D eigenvalue weighted by molar-refractivity contribution is 7.85. The molecule has 7 rings (SSSR count). The molecule has 0 aliphatic carbocycles. The standard InChI is InChI=1S/C59H75N6O19P3S/c1-10-62-48-28-24-39(4)31-46(48)58(6,7)53(62)22-14-11-15-23-54-59(8,9)47-33-44(88(77,78)79)26-29-49(47)63(54)30-18-12-13-20-43(66)21-17-16-19-41-25-27-45(50(32-41)65(68)69)56(38(2)3)80-36-42-35-64(40(5)61-57(42)60)55-34-51(67)52(82-55)37-81-86(73,74)84-87(75,76)83-85(70,71)72/h11,14-15,22-29,31-33,35,38,51-52,55-56,67H,5,10,12-13,17-18,20-21,30,34,36-37H2,1-4,6-9H3,(H6-,60,61,70,71,72,73,74,75,76,77,78,79)/p+1/t51-,52-,55-,56+/m1/s1. The number of benzene rings is 3. The highest BCUT2D eigenvalue weighted by Crippen LogP contribution is 2.66. The fourth-order valence-corrected chi connectivity index (χ4v) is 14.6. The second kappa shape index (κ2) is 28.0. The predicted octanol–water partition coefficient (Wildman–Crippen LogP) is 9.86. The zero-order valence-corrected chi connectivity index (χ0v) is 53.6. The number of hydrogen-bond acceptors (Lipinski definition) is 18. The molecule has 0 saturated carbocycles. The Balaban J connectivity index is 0.928. The minimum Gasteiger partial charge on any atom is -0.390 e. The molecule has 1 saturated heterocycles. The van der Waals surface area contributed by atoms with Gasteiger partial charge in [-0.1, -0.05) is 82.0 Å². The highest BCUT2D eigenvalue weighted by Gasteiger charge is 2.46. The quantitative estimate of drug-likeness (QED) is 0.00545. The van der Waals surface area contributed by atoms with Gasteiger partial charge in [0, 0.05) is 96.6 Å². The van der Waals surface area contributed by atoms with Gasteiger partial charge in [-0.15, -0.1) is 0 Å². The largest absolute Gasteiger partial charge is 0.490 e. The summed E-state index contributed by atoms with van der Waals surface area (Å²) < 4.78 is 95.7. The molecule has 6 atom stereocenters. The van der Waals surface area contributed by atoms with Crippen LogP contribution in [0.2, 0.25) is 0 Å². The molecule has 3 aromatic carbocycles. The number of amidine groups is 1. The van der Waals surface area contributed by atoms with Crippen LogP contribution in [0.4, 0.5) is 17.1 Å². The molecule has 476 valence electrons. The second-order valence-corrected chi connectivity index (χ2v) is 28.8. The third-order valence-corrected chi connectivity index (χ3v) is 20.1. The van der Waals surface area contributed by atoms with Gasteiger partial charge in [-0.2, -0.15) is 21.6 Å². The van der Waals surface area contributed by atoms with Crippen molar-refractivity contribution in [3.8, 4) is 11.8 Å². The number of phosphoric ester groups is 1. The van der Waals surface area contributed by atoms with Crippen LogP contribution < -0.4 is 10.6 Å². The molecule has 0 spiro atoms. The minimum absolute atomic E-state index is 0.00902. The first kappa shape index (κ1) is 69.4. The molecular weight excluding hydrogens is 1220 g/mol. The normalized spacial score (nSPS) is 21.3. The van der Waals surface area contributed by atoms with Gasteiger partial charge in [-0.3, -0.25) is 24.0 Å². The van der Waals surface area contributed by atoms with Crippen molar-refractivity contribution in [2.24, 2.45) is 16.6 Å². The number of aliphatic imine (C=N–C) groups is 1. The number of phosphoric acid groups is 3. The Morgan fingerprint density at radius 3 is 2.38 bits per heavy atom. The highest BCUT2D eigenvalue weighted by atomic mass is 32.2. The zero-order valence-electron chi connectivity index (χ0n) is 50.1. The predicted molar refractivity (Wildman–Crippen MR) is 329 cm³/mol. The topological polar surface area (TPSA) is 361 Å². The van der Waals surface area contributed by atoms with Crippen LogP contribution in [0.15, 0.2) is 125 Å². The van der Waals surface area contributed by atoms with Crippen LogP contribution >= 0.6 is 23.5 Å². The van der Waals surface area contributed by atoms with Crippen molar-refractivity contribution in [3.05, 3.63) is 153 Å². The van der Waals surface area contributed by atoms with Crippen molar-refractivity contribution >= 4 is 68.0 Å². The zero-order chi connectivity index (χ0) is 64.9. The summed E-state index contributed by atoms with van der Waals surface area (Å²) in [4.78, 5) is 69.7. The molecule has 3 aromatic rings. The molecule has 1 fully saturated rings. The Labute approximate surface area is 512 Å². The average molecular weight is 1300 g/mol. The van der Waals surface area contributed by atoms with Gasteiger partial charge < -0.3 is 49.7 Å². The molecule has 8 N–H and O–H groups in total. The van der Waals surface area contributed by atoms with E-state index in [9.17, 15) is 56.5 Å². The first-order valence-electron chi connectivity index (χ1n) is 28.3. The van der Waals surface area contributed by atoms with E-state index in [0.717, 1.165) is 36.3 Å². The first-order valence-corrected chi connectivity index (χ1v) is 34.3. The maximum absolute atomic E-state index is 13.1. The number of Topliss-reactive ketones (excluding diaryl/α,β-unsaturated/α-hetero) is 1. The molecule has 0 bridgehead atoms. The fraction of sp³-hybridized carbons (Fsp3) is 0.441. The van der Waals surface area contributed by atoms with Crippen molar-refractivity contribution < 1.29 is 88.3 Å². The van der Waals surface area contributed by atoms with E-state index in [-0.39, 0.29) is 76.4 Å². The minimum atomic E-state index is -5.79. The Morgan fingerprint density at radius 1 is 0.977 bits per heavy atom. The van der Waals surface area contributed by atoms with Crippen LogP contribution in [0.25, 0.3) is 0 Å². The number of ketones is 1. The molecule has 4 aliphatic heterocycles. The number of likely N-dealkylation sites (N-methyl/N-ethyl adjacent to an activating group) is 1. The number of ether oxygens (including phenoxy) is 2. The van der Waals surface area contributed by atoms with Crippen LogP contribution in [0.3, 0.4) is 0 Å². The molecular formula is C59H76N6O19P3S+. The summed E-state index contributed by atoms with van der Waals surface area (Å²) in [7, 11) is -21.4. The van der Waals surface area contributed by atoms with Crippen LogP contribution in [0.5, 0.6) is 0 Å². The monoisotopic (exact) mass is 1300 g/mol. The van der Waals surface area contributed by atoms with E-state index in [0.29, 0.717) is 24.9 Å². The third-order valence-electron chi connectivity index (χ3n) is 15.4. The van der Waals surface area contributed by atoms with Gasteiger partial charge in [-0.25, -0.2) is 18.7 Å². The van der Waals surface area contributed by atoms with E-state index >= 15 is 0 Å². The number of aliphatic hydroxyl groups excluding tert-OH is 1. The SMILES string of the molecule is C=C1N=C(N)C(CO[C@H](c2ccc(C#CCCC(=O)CCCCC[N+]3=C(C=CC=CC=C4N(CC)c5ccc(C)cc5C4(C)C)C(C)(C)c4cc(S(=O)(=O)O)ccc43)cc2[N+](=O)[O-])C(C)C)=CN1[C@H]1C[C@@H](O)[C@@H](COP(=O)(O)OP(=O)(O)OP(=O)(O)O)O1. The van der Waals surface area contributed by atoms with Crippen molar-refractivity contribution in [3.63, 3.8) is 0 Å². The van der Waals surface area contributed by atoms with E-state index in [4.69, 9.17) is 25.0 Å². The lowest BCUT2D eigenvalue weighted by Gasteiger charge is -2.31.